The molecule has 1 saturated heterocycles. The first-order valence-electron chi connectivity index (χ1n) is 10.2. The molecule has 1 aliphatic heterocycles. The molecule has 2 aliphatic rings. The van der Waals surface area contributed by atoms with Crippen molar-refractivity contribution in [3.05, 3.63) is 66.2 Å². The third kappa shape index (κ3) is 3.45. The molecule has 2 N–H and O–H groups in total. The van der Waals surface area contributed by atoms with Gasteiger partial charge in [-0.05, 0) is 56.5 Å². The smallest absolute Gasteiger partial charge is 0.224 e. The van der Waals surface area contributed by atoms with Crippen LogP contribution in [-0.4, -0.2) is 28.4 Å². The van der Waals surface area contributed by atoms with Gasteiger partial charge in [0, 0.05) is 22.8 Å². The summed E-state index contributed by atoms with van der Waals surface area (Å²) < 4.78 is 2.11. The fraction of sp³-hybridized carbons (Fsp3) is 0.391. The van der Waals surface area contributed by atoms with Crippen LogP contribution in [0.5, 0.6) is 0 Å². The number of rotatable bonds is 6. The molecule has 2 aromatic heterocycles. The number of carbonyl (C=O) groups is 1. The van der Waals surface area contributed by atoms with E-state index in [-0.39, 0.29) is 11.8 Å². The Hall–Kier alpha value is -2.31. The maximum atomic E-state index is 12.8. The normalized spacial score (nSPS) is 23.2. The summed E-state index contributed by atoms with van der Waals surface area (Å²) in [6.45, 7) is 6.02. The van der Waals surface area contributed by atoms with E-state index in [1.54, 1.807) is 0 Å². The number of amides is 1. The lowest BCUT2D eigenvalue weighted by atomic mass is 10.0. The molecular formula is C23H26N4OS. The van der Waals surface area contributed by atoms with Gasteiger partial charge in [-0.2, -0.15) is 0 Å². The second-order valence-corrected chi connectivity index (χ2v) is 9.63. The lowest BCUT2D eigenvalue weighted by Crippen LogP contribution is -2.44. The van der Waals surface area contributed by atoms with Crippen LogP contribution in [0.4, 0.5) is 0 Å². The van der Waals surface area contributed by atoms with E-state index < -0.39 is 5.54 Å². The average Bonchev–Trinajstić information content (AvgIpc) is 3.06. The summed E-state index contributed by atoms with van der Waals surface area (Å²) in [6.07, 6.45) is 3.96. The first kappa shape index (κ1) is 18.7. The molecule has 1 unspecified atom stereocenters. The number of thioether (sulfide) groups is 1. The summed E-state index contributed by atoms with van der Waals surface area (Å²) in [5.41, 5.74) is 1.85. The van der Waals surface area contributed by atoms with Crippen molar-refractivity contribution in [1.29, 1.82) is 0 Å². The highest BCUT2D eigenvalue weighted by Gasteiger charge is 2.57. The summed E-state index contributed by atoms with van der Waals surface area (Å²) in [4.78, 5) is 18.7. The van der Waals surface area contributed by atoms with Crippen molar-refractivity contribution in [3.63, 3.8) is 0 Å². The van der Waals surface area contributed by atoms with Gasteiger partial charge in [-0.25, -0.2) is 4.98 Å². The zero-order valence-electron chi connectivity index (χ0n) is 16.8. The third-order valence-corrected chi connectivity index (χ3v) is 7.29. The monoisotopic (exact) mass is 406 g/mol. The van der Waals surface area contributed by atoms with Crippen LogP contribution >= 0.6 is 11.8 Å². The van der Waals surface area contributed by atoms with Gasteiger partial charge in [0.1, 0.15) is 5.82 Å². The number of benzene rings is 1. The molecule has 1 amide bonds. The Morgan fingerprint density at radius 1 is 1.21 bits per heavy atom. The predicted molar refractivity (Wildman–Crippen MR) is 116 cm³/mol. The molecule has 3 aromatic rings. The van der Waals surface area contributed by atoms with E-state index in [2.05, 4.69) is 51.4 Å². The highest BCUT2D eigenvalue weighted by molar-refractivity contribution is 7.98. The maximum Gasteiger partial charge on any atom is 0.224 e. The van der Waals surface area contributed by atoms with Crippen molar-refractivity contribution in [2.24, 2.45) is 17.8 Å². The number of carbonyl (C=O) groups excluding carboxylic acids is 1. The molecule has 1 saturated carbocycles. The Morgan fingerprint density at radius 2 is 1.97 bits per heavy atom. The first-order chi connectivity index (χ1) is 14.0. The molecular weight excluding hydrogens is 380 g/mol. The van der Waals surface area contributed by atoms with Gasteiger partial charge in [-0.1, -0.05) is 30.3 Å². The zero-order chi connectivity index (χ0) is 20.0. The number of fused-ring (bicyclic) bond motifs is 2. The molecule has 1 aromatic carbocycles. The Balaban J connectivity index is 1.35. The molecule has 5 nitrogen and oxygen atoms in total. The molecule has 0 spiro atoms. The lowest BCUT2D eigenvalue weighted by Gasteiger charge is -2.26. The Morgan fingerprint density at radius 3 is 2.72 bits per heavy atom. The van der Waals surface area contributed by atoms with E-state index in [9.17, 15) is 4.79 Å². The second kappa shape index (κ2) is 7.18. The van der Waals surface area contributed by atoms with E-state index in [0.717, 1.165) is 30.2 Å². The van der Waals surface area contributed by atoms with Gasteiger partial charge in [-0.3, -0.25) is 4.79 Å². The molecule has 1 aliphatic carbocycles. The Bertz CT molecular complexity index is 1040. The molecule has 29 heavy (non-hydrogen) atoms. The maximum absolute atomic E-state index is 12.8. The Labute approximate surface area is 175 Å². The van der Waals surface area contributed by atoms with Crippen molar-refractivity contribution in [2.75, 3.05) is 13.1 Å². The van der Waals surface area contributed by atoms with Gasteiger partial charge in [0.05, 0.1) is 17.3 Å². The Kier molecular flexibility index (Phi) is 4.63. The average molecular weight is 407 g/mol. The number of hydrogen-bond donors (Lipinski definition) is 2. The van der Waals surface area contributed by atoms with Crippen LogP contribution in [0.25, 0.3) is 5.52 Å². The van der Waals surface area contributed by atoms with Crippen LogP contribution in [0.1, 0.15) is 25.2 Å². The number of pyridine rings is 1. The number of piperidine rings is 1. The van der Waals surface area contributed by atoms with Crippen molar-refractivity contribution >= 4 is 23.2 Å². The zero-order valence-corrected chi connectivity index (χ0v) is 17.6. The molecule has 3 heterocycles. The largest absolute Gasteiger partial charge is 0.344 e. The van der Waals surface area contributed by atoms with Crippen LogP contribution in [0.2, 0.25) is 0 Å². The van der Waals surface area contributed by atoms with Crippen LogP contribution in [0, 0.1) is 17.8 Å². The SMILES string of the molecule is CC(C)(NC(=O)C1[C@H]2CNC[C@@H]12)c1ncc2c(SCc3ccccc3)cccn12. The summed E-state index contributed by atoms with van der Waals surface area (Å²) in [7, 11) is 0. The number of nitrogens with zero attached hydrogens (tertiary/aromatic N) is 2. The molecule has 6 heteroatoms. The summed E-state index contributed by atoms with van der Waals surface area (Å²) in [5.74, 6) is 3.15. The molecule has 3 atom stereocenters. The predicted octanol–water partition coefficient (Wildman–Crippen LogP) is 3.44. The van der Waals surface area contributed by atoms with E-state index in [1.165, 1.54) is 10.5 Å². The summed E-state index contributed by atoms with van der Waals surface area (Å²) in [5, 5.41) is 6.61. The number of aromatic nitrogens is 2. The van der Waals surface area contributed by atoms with Crippen LogP contribution < -0.4 is 10.6 Å². The quantitative estimate of drug-likeness (QED) is 0.616. The fourth-order valence-electron chi connectivity index (χ4n) is 4.57. The van der Waals surface area contributed by atoms with Crippen molar-refractivity contribution in [2.45, 2.75) is 30.0 Å². The molecule has 0 bridgehead atoms. The standard InChI is InChI=1S/C23H26N4OS/c1-23(2,26-21(28)20-16-11-24-12-17(16)20)22-25-13-18-19(9-6-10-27(18)22)29-14-15-7-4-3-5-8-15/h3-10,13,16-17,20,24H,11-12,14H2,1-2H3,(H,26,28)/t16-,17+,20?. The lowest BCUT2D eigenvalue weighted by molar-refractivity contribution is -0.124. The highest BCUT2D eigenvalue weighted by Crippen LogP contribution is 2.49. The molecule has 5 rings (SSSR count). The fourth-order valence-corrected chi connectivity index (χ4v) is 5.56. The van der Waals surface area contributed by atoms with Crippen molar-refractivity contribution in [3.8, 4) is 0 Å². The van der Waals surface area contributed by atoms with Crippen LogP contribution in [-0.2, 0) is 16.1 Å². The van der Waals surface area contributed by atoms with E-state index in [0.29, 0.717) is 11.8 Å². The first-order valence-corrected chi connectivity index (χ1v) is 11.2. The molecule has 2 fully saturated rings. The number of nitrogens with one attached hydrogen (secondary N) is 2. The minimum Gasteiger partial charge on any atom is -0.344 e. The second-order valence-electron chi connectivity index (χ2n) is 8.61. The van der Waals surface area contributed by atoms with Gasteiger partial charge in [0.25, 0.3) is 0 Å². The third-order valence-electron chi connectivity index (χ3n) is 6.16. The van der Waals surface area contributed by atoms with E-state index >= 15 is 0 Å². The molecule has 150 valence electrons. The summed E-state index contributed by atoms with van der Waals surface area (Å²) >= 11 is 1.81. The van der Waals surface area contributed by atoms with Gasteiger partial charge < -0.3 is 15.0 Å². The van der Waals surface area contributed by atoms with Crippen LogP contribution in [0.3, 0.4) is 0 Å². The van der Waals surface area contributed by atoms with E-state index in [4.69, 9.17) is 4.98 Å². The highest BCUT2D eigenvalue weighted by atomic mass is 32.2. The topological polar surface area (TPSA) is 58.4 Å². The van der Waals surface area contributed by atoms with Gasteiger partial charge in [-0.15, -0.1) is 11.8 Å². The van der Waals surface area contributed by atoms with Crippen molar-refractivity contribution < 1.29 is 4.79 Å². The minimum atomic E-state index is -0.531. The van der Waals surface area contributed by atoms with Gasteiger partial charge in [0.2, 0.25) is 5.91 Å². The van der Waals surface area contributed by atoms with Crippen LogP contribution in [0.15, 0.2) is 59.8 Å². The van der Waals surface area contributed by atoms with Gasteiger partial charge in [0.15, 0.2) is 0 Å². The summed E-state index contributed by atoms with van der Waals surface area (Å²) in [6, 6.07) is 14.7. The van der Waals surface area contributed by atoms with Gasteiger partial charge >= 0.3 is 0 Å². The number of imidazole rings is 1. The molecule has 0 radical (unpaired) electrons. The minimum absolute atomic E-state index is 0.165. The number of hydrogen-bond acceptors (Lipinski definition) is 4. The van der Waals surface area contributed by atoms with E-state index in [1.807, 2.05) is 44.1 Å². The van der Waals surface area contributed by atoms with Crippen molar-refractivity contribution in [1.82, 2.24) is 20.0 Å².